The van der Waals surface area contributed by atoms with Crippen molar-refractivity contribution in [3.63, 3.8) is 0 Å². The second-order valence-electron chi connectivity index (χ2n) is 10.2. The first kappa shape index (κ1) is 27.0. The van der Waals surface area contributed by atoms with Crippen molar-refractivity contribution in [2.45, 2.75) is 51.0 Å². The van der Waals surface area contributed by atoms with Crippen molar-refractivity contribution in [3.8, 4) is 5.75 Å². The number of carbonyl (C=O) groups is 1. The second-order valence-corrected chi connectivity index (χ2v) is 10.2. The predicted molar refractivity (Wildman–Crippen MR) is 142 cm³/mol. The van der Waals surface area contributed by atoms with Crippen LogP contribution in [0.1, 0.15) is 55.8 Å². The summed E-state index contributed by atoms with van der Waals surface area (Å²) in [6.45, 7) is 2.75. The number of aryl methyl sites for hydroxylation is 1. The molecule has 6 nitrogen and oxygen atoms in total. The molecule has 0 radical (unpaired) electrons. The van der Waals surface area contributed by atoms with Gasteiger partial charge in [-0.3, -0.25) is 9.78 Å². The van der Waals surface area contributed by atoms with Crippen molar-refractivity contribution >= 4 is 16.9 Å². The number of likely N-dealkylation sites (tertiary alicyclic amines) is 1. The molecule has 1 saturated heterocycles. The van der Waals surface area contributed by atoms with Crippen molar-refractivity contribution in [1.29, 1.82) is 0 Å². The molecule has 1 aromatic heterocycles. The van der Waals surface area contributed by atoms with Gasteiger partial charge in [0.05, 0.1) is 18.7 Å². The Morgan fingerprint density at radius 1 is 1.19 bits per heavy atom. The van der Waals surface area contributed by atoms with E-state index < -0.39 is 12.1 Å². The maximum atomic E-state index is 13.5. The number of methoxy groups -OCH3 is 1. The average Bonchev–Trinajstić information content (AvgIpc) is 2.90. The van der Waals surface area contributed by atoms with Crippen molar-refractivity contribution in [2.75, 3.05) is 26.7 Å². The lowest BCUT2D eigenvalue weighted by Gasteiger charge is -2.39. The lowest BCUT2D eigenvalue weighted by Crippen LogP contribution is -2.41. The molecule has 1 aliphatic rings. The van der Waals surface area contributed by atoms with Gasteiger partial charge in [-0.15, -0.1) is 0 Å². The van der Waals surface area contributed by atoms with Crippen LogP contribution >= 0.6 is 0 Å². The molecule has 0 saturated carbocycles. The van der Waals surface area contributed by atoms with Gasteiger partial charge in [-0.1, -0.05) is 12.1 Å². The van der Waals surface area contributed by atoms with Gasteiger partial charge in [-0.05, 0) is 111 Å². The first-order valence-corrected chi connectivity index (χ1v) is 13.2. The molecule has 2 N–H and O–H groups in total. The van der Waals surface area contributed by atoms with Crippen LogP contribution in [0.2, 0.25) is 0 Å². The van der Waals surface area contributed by atoms with E-state index in [2.05, 4.69) is 9.88 Å². The Bertz CT molecular complexity index is 1190. The number of fused-ring (bicyclic) bond motifs is 1. The number of nitrogens with zero attached hydrogens (tertiary/aromatic N) is 2. The summed E-state index contributed by atoms with van der Waals surface area (Å²) in [5, 5.41) is 21.3. The summed E-state index contributed by atoms with van der Waals surface area (Å²) in [7, 11) is 1.62. The Hall–Kier alpha value is -3.03. The molecule has 1 aliphatic heterocycles. The molecule has 2 aromatic carbocycles. The zero-order valence-electron chi connectivity index (χ0n) is 21.5. The van der Waals surface area contributed by atoms with Crippen LogP contribution in [0, 0.1) is 17.7 Å². The number of hydrogen-bond acceptors (Lipinski definition) is 5. The Kier molecular flexibility index (Phi) is 9.47. The van der Waals surface area contributed by atoms with Crippen LogP contribution in [-0.4, -0.2) is 52.8 Å². The summed E-state index contributed by atoms with van der Waals surface area (Å²) >= 11 is 0. The maximum Gasteiger partial charge on any atom is 0.303 e. The molecular weight excluding hydrogens is 471 g/mol. The third-order valence-corrected chi connectivity index (χ3v) is 7.69. The van der Waals surface area contributed by atoms with Crippen molar-refractivity contribution in [3.05, 3.63) is 71.7 Å². The van der Waals surface area contributed by atoms with E-state index in [1.807, 2.05) is 30.3 Å². The largest absolute Gasteiger partial charge is 0.497 e. The van der Waals surface area contributed by atoms with Gasteiger partial charge in [0.1, 0.15) is 11.6 Å². The molecule has 3 aromatic rings. The molecule has 2 heterocycles. The number of benzene rings is 2. The third-order valence-electron chi connectivity index (χ3n) is 7.69. The number of aliphatic hydroxyl groups excluding tert-OH is 1. The predicted octanol–water partition coefficient (Wildman–Crippen LogP) is 5.63. The molecule has 0 spiro atoms. The van der Waals surface area contributed by atoms with E-state index in [0.29, 0.717) is 18.8 Å². The lowest BCUT2D eigenvalue weighted by atomic mass is 9.79. The Balaban J connectivity index is 1.35. The molecule has 0 bridgehead atoms. The van der Waals surface area contributed by atoms with E-state index in [4.69, 9.17) is 4.74 Å². The fourth-order valence-corrected chi connectivity index (χ4v) is 5.67. The monoisotopic (exact) mass is 508 g/mol. The number of hydrogen-bond donors (Lipinski definition) is 2. The van der Waals surface area contributed by atoms with Gasteiger partial charge >= 0.3 is 5.97 Å². The molecule has 0 aliphatic carbocycles. The van der Waals surface area contributed by atoms with Crippen LogP contribution in [-0.2, 0) is 11.2 Å². The average molecular weight is 509 g/mol. The van der Waals surface area contributed by atoms with Gasteiger partial charge in [-0.2, -0.15) is 0 Å². The van der Waals surface area contributed by atoms with Gasteiger partial charge in [0.25, 0.3) is 0 Å². The van der Waals surface area contributed by atoms with Crippen LogP contribution in [0.15, 0.2) is 54.7 Å². The minimum Gasteiger partial charge on any atom is -0.497 e. The first-order valence-electron chi connectivity index (χ1n) is 13.2. The highest BCUT2D eigenvalue weighted by Crippen LogP contribution is 2.35. The fraction of sp³-hybridized carbons (Fsp3) is 0.467. The number of ether oxygens (including phenoxy) is 1. The van der Waals surface area contributed by atoms with Gasteiger partial charge in [0.15, 0.2) is 0 Å². The first-order chi connectivity index (χ1) is 17.9. The standard InChI is InChI=1S/C30H37FN2O4/c1-37-25-9-10-28-27(19-25)26(13-15-32-28)29(34)11-7-22-14-17-33(20-23(22)8-12-30(35)36)16-3-5-21-4-2-6-24(31)18-21/h2,4,6,9-10,13,15,18-19,22-23,29,34H,3,5,7-8,11-12,14,16-17,20H2,1H3,(H,35,36)/t22?,23?,29-/m0/s1. The highest BCUT2D eigenvalue weighted by atomic mass is 19.1. The minimum absolute atomic E-state index is 0.162. The highest BCUT2D eigenvalue weighted by molar-refractivity contribution is 5.83. The molecule has 37 heavy (non-hydrogen) atoms. The summed E-state index contributed by atoms with van der Waals surface area (Å²) < 4.78 is 18.8. The fourth-order valence-electron chi connectivity index (χ4n) is 5.67. The lowest BCUT2D eigenvalue weighted by molar-refractivity contribution is -0.137. The number of halogens is 1. The van der Waals surface area contributed by atoms with Crippen molar-refractivity contribution < 1.29 is 24.1 Å². The van der Waals surface area contributed by atoms with Gasteiger partial charge < -0.3 is 19.8 Å². The number of aliphatic hydroxyl groups is 1. The molecule has 4 rings (SSSR count). The number of carboxylic acids is 1. The molecule has 7 heteroatoms. The summed E-state index contributed by atoms with van der Waals surface area (Å²) in [5.74, 6) is 0.413. The smallest absolute Gasteiger partial charge is 0.303 e. The van der Waals surface area contributed by atoms with Gasteiger partial charge in [0, 0.05) is 24.5 Å². The molecule has 3 atom stereocenters. The molecule has 198 valence electrons. The van der Waals surface area contributed by atoms with Crippen LogP contribution in [0.3, 0.4) is 0 Å². The van der Waals surface area contributed by atoms with Crippen molar-refractivity contribution in [2.24, 2.45) is 11.8 Å². The number of pyridine rings is 1. The van der Waals surface area contributed by atoms with E-state index in [-0.39, 0.29) is 18.2 Å². The topological polar surface area (TPSA) is 82.9 Å². The van der Waals surface area contributed by atoms with Gasteiger partial charge in [-0.25, -0.2) is 4.39 Å². The van der Waals surface area contributed by atoms with E-state index in [9.17, 15) is 19.4 Å². The Morgan fingerprint density at radius 2 is 2.05 bits per heavy atom. The minimum atomic E-state index is -0.765. The van der Waals surface area contributed by atoms with Crippen LogP contribution in [0.5, 0.6) is 5.75 Å². The summed E-state index contributed by atoms with van der Waals surface area (Å²) in [4.78, 5) is 18.1. The normalized spacial score (nSPS) is 19.1. The van der Waals surface area contributed by atoms with E-state index in [1.54, 1.807) is 25.4 Å². The van der Waals surface area contributed by atoms with E-state index in [0.717, 1.165) is 73.1 Å². The SMILES string of the molecule is COc1ccc2nccc([C@@H](O)CCC3CCN(CCCc4cccc(F)c4)CC3CCC(=O)O)c2c1. The zero-order valence-corrected chi connectivity index (χ0v) is 21.5. The van der Waals surface area contributed by atoms with Crippen LogP contribution in [0.4, 0.5) is 4.39 Å². The molecule has 2 unspecified atom stereocenters. The Labute approximate surface area is 218 Å². The van der Waals surface area contributed by atoms with Gasteiger partial charge in [0.2, 0.25) is 0 Å². The summed E-state index contributed by atoms with van der Waals surface area (Å²) in [6.07, 6.45) is 6.13. The number of carboxylic acid groups (broad SMARTS) is 1. The number of aliphatic carboxylic acids is 1. The number of rotatable bonds is 12. The zero-order chi connectivity index (χ0) is 26.2. The third kappa shape index (κ3) is 7.49. The van der Waals surface area contributed by atoms with Crippen LogP contribution < -0.4 is 4.74 Å². The molecule has 0 amide bonds. The molecular formula is C30H37FN2O4. The summed E-state index contributed by atoms with van der Waals surface area (Å²) in [6, 6.07) is 14.3. The van der Waals surface area contributed by atoms with Crippen LogP contribution in [0.25, 0.3) is 10.9 Å². The maximum absolute atomic E-state index is 13.5. The number of piperidine rings is 1. The van der Waals surface area contributed by atoms with E-state index in [1.165, 1.54) is 6.07 Å². The van der Waals surface area contributed by atoms with E-state index >= 15 is 0 Å². The quantitative estimate of drug-likeness (QED) is 0.330. The second kappa shape index (κ2) is 13.0. The number of aromatic nitrogens is 1. The Morgan fingerprint density at radius 3 is 2.84 bits per heavy atom. The van der Waals surface area contributed by atoms with Crippen molar-refractivity contribution in [1.82, 2.24) is 9.88 Å². The highest BCUT2D eigenvalue weighted by Gasteiger charge is 2.30. The summed E-state index contributed by atoms with van der Waals surface area (Å²) in [5.41, 5.74) is 2.68. The molecule has 1 fully saturated rings.